The van der Waals surface area contributed by atoms with Crippen LogP contribution in [0.5, 0.6) is 0 Å². The summed E-state index contributed by atoms with van der Waals surface area (Å²) in [7, 11) is 0. The molecular formula is C18H15N. The van der Waals surface area contributed by atoms with Crippen molar-refractivity contribution in [3.05, 3.63) is 53.7 Å². The molecule has 0 amide bonds. The van der Waals surface area contributed by atoms with Gasteiger partial charge in [-0.05, 0) is 53.7 Å². The van der Waals surface area contributed by atoms with E-state index in [0.717, 1.165) is 17.4 Å². The third-order valence-corrected chi connectivity index (χ3v) is 5.13. The highest BCUT2D eigenvalue weighted by Crippen LogP contribution is 2.55. The summed E-state index contributed by atoms with van der Waals surface area (Å²) >= 11 is 0. The van der Waals surface area contributed by atoms with E-state index in [0.29, 0.717) is 0 Å². The van der Waals surface area contributed by atoms with Crippen LogP contribution in [0.25, 0.3) is 21.7 Å². The summed E-state index contributed by atoms with van der Waals surface area (Å²) in [5, 5.41) is 4.04. The second-order valence-electron chi connectivity index (χ2n) is 6.01. The average Bonchev–Trinajstić information content (AvgIpc) is 3.08. The molecule has 2 aromatic carbocycles. The second-order valence-corrected chi connectivity index (χ2v) is 6.01. The highest BCUT2D eigenvalue weighted by molar-refractivity contribution is 6.07. The van der Waals surface area contributed by atoms with Gasteiger partial charge in [-0.25, -0.2) is 0 Å². The molecule has 1 aromatic heterocycles. The maximum Gasteiger partial charge on any atom is 0.0780 e. The van der Waals surface area contributed by atoms with Crippen molar-refractivity contribution < 1.29 is 0 Å². The third kappa shape index (κ3) is 1.18. The number of fused-ring (bicyclic) bond motifs is 9. The minimum atomic E-state index is 0.810. The molecular weight excluding hydrogens is 230 g/mol. The summed E-state index contributed by atoms with van der Waals surface area (Å²) in [6.45, 7) is 0. The number of hydrogen-bond donors (Lipinski definition) is 0. The maximum atomic E-state index is 4.60. The van der Waals surface area contributed by atoms with Crippen LogP contribution in [0.2, 0.25) is 0 Å². The van der Waals surface area contributed by atoms with E-state index in [9.17, 15) is 0 Å². The number of benzene rings is 2. The van der Waals surface area contributed by atoms with Crippen LogP contribution in [0.1, 0.15) is 42.2 Å². The molecule has 0 N–H and O–H groups in total. The fourth-order valence-electron chi connectivity index (χ4n) is 4.33. The lowest BCUT2D eigenvalue weighted by molar-refractivity contribution is 0.722. The standard InChI is InChI=1S/C18H15N/c1-2-11-5-6-15-16(18(11)19-9-1)8-7-14-12-3-4-13(10-12)17(14)15/h1-2,5-9,12-13H,3-4,10H2/t12-,13-/m0/s1. The molecule has 0 unspecified atom stereocenters. The Kier molecular flexibility index (Phi) is 1.76. The molecule has 3 aromatic rings. The van der Waals surface area contributed by atoms with E-state index in [2.05, 4.69) is 35.3 Å². The van der Waals surface area contributed by atoms with Gasteiger partial charge in [-0.1, -0.05) is 30.3 Å². The van der Waals surface area contributed by atoms with Gasteiger partial charge in [0.25, 0.3) is 0 Å². The topological polar surface area (TPSA) is 12.9 Å². The Labute approximate surface area is 112 Å². The average molecular weight is 245 g/mol. The van der Waals surface area contributed by atoms with Crippen LogP contribution in [0, 0.1) is 0 Å². The minimum Gasteiger partial charge on any atom is -0.256 e. The zero-order valence-corrected chi connectivity index (χ0v) is 10.8. The number of nitrogens with zero attached hydrogens (tertiary/aromatic N) is 1. The first-order chi connectivity index (χ1) is 9.42. The van der Waals surface area contributed by atoms with Gasteiger partial charge in [0.1, 0.15) is 0 Å². The van der Waals surface area contributed by atoms with Crippen LogP contribution in [0.3, 0.4) is 0 Å². The first-order valence-electron chi connectivity index (χ1n) is 7.22. The Hall–Kier alpha value is -1.89. The molecule has 1 fully saturated rings. The summed E-state index contributed by atoms with van der Waals surface area (Å²) in [5.41, 5.74) is 4.42. The molecule has 2 atom stereocenters. The predicted molar refractivity (Wildman–Crippen MR) is 78.6 cm³/mol. The Balaban J connectivity index is 1.96. The van der Waals surface area contributed by atoms with Gasteiger partial charge in [0, 0.05) is 17.0 Å². The van der Waals surface area contributed by atoms with E-state index in [1.54, 1.807) is 11.1 Å². The molecule has 0 saturated heterocycles. The van der Waals surface area contributed by atoms with E-state index < -0.39 is 0 Å². The molecule has 19 heavy (non-hydrogen) atoms. The van der Waals surface area contributed by atoms with Crippen molar-refractivity contribution >= 4 is 21.7 Å². The van der Waals surface area contributed by atoms with E-state index in [4.69, 9.17) is 0 Å². The van der Waals surface area contributed by atoms with Gasteiger partial charge in [0.2, 0.25) is 0 Å². The second kappa shape index (κ2) is 3.36. The zero-order chi connectivity index (χ0) is 12.4. The number of rotatable bonds is 0. The maximum absolute atomic E-state index is 4.60. The van der Waals surface area contributed by atoms with Crippen molar-refractivity contribution in [3.63, 3.8) is 0 Å². The summed E-state index contributed by atoms with van der Waals surface area (Å²) in [5.74, 6) is 1.65. The van der Waals surface area contributed by atoms with Gasteiger partial charge in [-0.3, -0.25) is 4.98 Å². The molecule has 1 heteroatoms. The molecule has 1 heterocycles. The summed E-state index contributed by atoms with van der Waals surface area (Å²) in [6.07, 6.45) is 6.07. The molecule has 1 saturated carbocycles. The Morgan fingerprint density at radius 3 is 2.79 bits per heavy atom. The van der Waals surface area contributed by atoms with Gasteiger partial charge in [-0.2, -0.15) is 0 Å². The third-order valence-electron chi connectivity index (χ3n) is 5.13. The van der Waals surface area contributed by atoms with Crippen molar-refractivity contribution in [1.82, 2.24) is 4.98 Å². The molecule has 2 aliphatic carbocycles. The molecule has 0 aliphatic heterocycles. The van der Waals surface area contributed by atoms with Gasteiger partial charge in [0.15, 0.2) is 0 Å². The molecule has 92 valence electrons. The van der Waals surface area contributed by atoms with Crippen LogP contribution in [-0.4, -0.2) is 4.98 Å². The van der Waals surface area contributed by atoms with E-state index in [1.807, 2.05) is 12.3 Å². The molecule has 5 rings (SSSR count). The van der Waals surface area contributed by atoms with Gasteiger partial charge in [-0.15, -0.1) is 0 Å². The molecule has 0 radical (unpaired) electrons. The van der Waals surface area contributed by atoms with Crippen LogP contribution < -0.4 is 0 Å². The lowest BCUT2D eigenvalue weighted by Crippen LogP contribution is -1.99. The summed E-state index contributed by atoms with van der Waals surface area (Å²) < 4.78 is 0. The zero-order valence-electron chi connectivity index (χ0n) is 10.8. The number of aromatic nitrogens is 1. The first kappa shape index (κ1) is 9.96. The molecule has 1 nitrogen and oxygen atoms in total. The Bertz CT molecular complexity index is 818. The first-order valence-corrected chi connectivity index (χ1v) is 7.22. The smallest absolute Gasteiger partial charge is 0.0780 e. The fraction of sp³-hybridized carbons (Fsp3) is 0.278. The van der Waals surface area contributed by atoms with E-state index in [1.165, 1.54) is 35.4 Å². The van der Waals surface area contributed by atoms with Crippen LogP contribution in [0.4, 0.5) is 0 Å². The van der Waals surface area contributed by atoms with Crippen molar-refractivity contribution in [2.75, 3.05) is 0 Å². The van der Waals surface area contributed by atoms with Crippen LogP contribution in [-0.2, 0) is 0 Å². The van der Waals surface area contributed by atoms with Gasteiger partial charge < -0.3 is 0 Å². The Morgan fingerprint density at radius 2 is 1.79 bits per heavy atom. The van der Waals surface area contributed by atoms with Crippen LogP contribution >= 0.6 is 0 Å². The lowest BCUT2D eigenvalue weighted by atomic mass is 9.87. The van der Waals surface area contributed by atoms with Gasteiger partial charge >= 0.3 is 0 Å². The predicted octanol–water partition coefficient (Wildman–Crippen LogP) is 4.75. The lowest BCUT2D eigenvalue weighted by Gasteiger charge is -2.18. The molecule has 2 aliphatic rings. The van der Waals surface area contributed by atoms with Gasteiger partial charge in [0.05, 0.1) is 5.52 Å². The van der Waals surface area contributed by atoms with Crippen molar-refractivity contribution in [1.29, 1.82) is 0 Å². The normalized spacial score (nSPS) is 24.2. The summed E-state index contributed by atoms with van der Waals surface area (Å²) in [6, 6.07) is 13.4. The summed E-state index contributed by atoms with van der Waals surface area (Å²) in [4.78, 5) is 4.60. The van der Waals surface area contributed by atoms with Crippen molar-refractivity contribution in [2.45, 2.75) is 31.1 Å². The highest BCUT2D eigenvalue weighted by Gasteiger charge is 2.37. The van der Waals surface area contributed by atoms with E-state index >= 15 is 0 Å². The fourth-order valence-corrected chi connectivity index (χ4v) is 4.33. The monoisotopic (exact) mass is 245 g/mol. The van der Waals surface area contributed by atoms with Crippen molar-refractivity contribution in [3.8, 4) is 0 Å². The van der Waals surface area contributed by atoms with Crippen molar-refractivity contribution in [2.24, 2.45) is 0 Å². The quantitative estimate of drug-likeness (QED) is 0.521. The minimum absolute atomic E-state index is 0.810. The highest BCUT2D eigenvalue weighted by atomic mass is 14.6. The van der Waals surface area contributed by atoms with Crippen LogP contribution in [0.15, 0.2) is 42.6 Å². The number of hydrogen-bond acceptors (Lipinski definition) is 1. The number of pyridine rings is 1. The Morgan fingerprint density at radius 1 is 0.895 bits per heavy atom. The largest absolute Gasteiger partial charge is 0.256 e. The molecule has 2 bridgehead atoms. The van der Waals surface area contributed by atoms with E-state index in [-0.39, 0.29) is 0 Å². The molecule has 0 spiro atoms. The SMILES string of the molecule is c1cnc2c(c1)ccc1c3c(ccc12)[C@H]1CC[C@H]3C1.